The standard InChI is InChI=1S/C23H15NO6/c25-22(15-6-8-19-21(11-15)29-12-28-19)24-17-9-14(5-7-16(17)23(26)27)20-10-13-3-1-2-4-18(13)30-20/h1-11H,12H2,(H,24,25)(H,26,27). The van der Waals surface area contributed by atoms with Gasteiger partial charge in [-0.25, -0.2) is 4.79 Å². The third kappa shape index (κ3) is 3.12. The van der Waals surface area contributed by atoms with Crippen molar-refractivity contribution in [2.45, 2.75) is 0 Å². The maximum absolute atomic E-state index is 12.8. The Balaban J connectivity index is 1.50. The second-order valence-electron chi connectivity index (χ2n) is 6.74. The number of carboxylic acids is 1. The number of hydrogen-bond donors (Lipinski definition) is 2. The number of aromatic carboxylic acids is 1. The molecule has 4 aromatic rings. The Morgan fingerprint density at radius 1 is 0.900 bits per heavy atom. The van der Waals surface area contributed by atoms with Crippen LogP contribution in [0.15, 0.2) is 71.1 Å². The number of nitrogens with one attached hydrogen (secondary N) is 1. The van der Waals surface area contributed by atoms with Gasteiger partial charge in [-0.05, 0) is 42.5 Å². The number of para-hydroxylation sites is 1. The molecule has 1 amide bonds. The van der Waals surface area contributed by atoms with Crippen LogP contribution in [0.1, 0.15) is 20.7 Å². The zero-order chi connectivity index (χ0) is 20.7. The van der Waals surface area contributed by atoms with E-state index in [9.17, 15) is 14.7 Å². The van der Waals surface area contributed by atoms with Crippen molar-refractivity contribution in [3.63, 3.8) is 0 Å². The fourth-order valence-electron chi connectivity index (χ4n) is 3.34. The molecule has 7 nitrogen and oxygen atoms in total. The summed E-state index contributed by atoms with van der Waals surface area (Å²) in [6, 6.07) is 18.9. The van der Waals surface area contributed by atoms with Crippen molar-refractivity contribution >= 4 is 28.5 Å². The summed E-state index contributed by atoms with van der Waals surface area (Å²) in [6.45, 7) is 0.100. The second kappa shape index (κ2) is 6.97. The van der Waals surface area contributed by atoms with E-state index in [1.54, 1.807) is 30.3 Å². The van der Waals surface area contributed by atoms with E-state index >= 15 is 0 Å². The molecule has 0 radical (unpaired) electrons. The number of carbonyl (C=O) groups is 2. The molecule has 0 unspecified atom stereocenters. The predicted octanol–water partition coefficient (Wildman–Crippen LogP) is 4.78. The Hall–Kier alpha value is -4.26. The smallest absolute Gasteiger partial charge is 0.337 e. The molecule has 0 saturated carbocycles. The van der Waals surface area contributed by atoms with Gasteiger partial charge in [-0.2, -0.15) is 0 Å². The number of carbonyl (C=O) groups excluding carboxylic acids is 1. The second-order valence-corrected chi connectivity index (χ2v) is 6.74. The topological polar surface area (TPSA) is 98.0 Å². The summed E-state index contributed by atoms with van der Waals surface area (Å²) in [5, 5.41) is 13.2. The molecule has 1 aliphatic heterocycles. The summed E-state index contributed by atoms with van der Waals surface area (Å²) in [6.07, 6.45) is 0. The van der Waals surface area contributed by atoms with Crippen LogP contribution < -0.4 is 14.8 Å². The quantitative estimate of drug-likeness (QED) is 0.511. The van der Waals surface area contributed by atoms with Crippen molar-refractivity contribution in [3.05, 3.63) is 77.9 Å². The molecule has 0 saturated heterocycles. The number of amides is 1. The van der Waals surface area contributed by atoms with Gasteiger partial charge >= 0.3 is 5.97 Å². The number of benzene rings is 3. The number of rotatable bonds is 4. The normalized spacial score (nSPS) is 12.1. The first kappa shape index (κ1) is 17.8. The van der Waals surface area contributed by atoms with Crippen LogP contribution in [-0.4, -0.2) is 23.8 Å². The van der Waals surface area contributed by atoms with Gasteiger partial charge in [0.25, 0.3) is 5.91 Å². The highest BCUT2D eigenvalue weighted by Gasteiger charge is 2.19. The average molecular weight is 401 g/mol. The fourth-order valence-corrected chi connectivity index (χ4v) is 3.34. The van der Waals surface area contributed by atoms with E-state index in [1.165, 1.54) is 6.07 Å². The fraction of sp³-hybridized carbons (Fsp3) is 0.0435. The zero-order valence-corrected chi connectivity index (χ0v) is 15.5. The van der Waals surface area contributed by atoms with Crippen LogP contribution in [0.25, 0.3) is 22.3 Å². The van der Waals surface area contributed by atoms with Crippen molar-refractivity contribution in [1.29, 1.82) is 0 Å². The van der Waals surface area contributed by atoms with E-state index in [4.69, 9.17) is 13.9 Å². The van der Waals surface area contributed by atoms with E-state index in [2.05, 4.69) is 5.32 Å². The van der Waals surface area contributed by atoms with Crippen LogP contribution in [0.3, 0.4) is 0 Å². The van der Waals surface area contributed by atoms with Crippen molar-refractivity contribution in [2.24, 2.45) is 0 Å². The minimum Gasteiger partial charge on any atom is -0.478 e. The molecule has 5 rings (SSSR count). The first-order chi connectivity index (χ1) is 14.6. The van der Waals surface area contributed by atoms with Gasteiger partial charge in [-0.15, -0.1) is 0 Å². The van der Waals surface area contributed by atoms with Gasteiger partial charge in [0.15, 0.2) is 11.5 Å². The van der Waals surface area contributed by atoms with Gasteiger partial charge in [-0.3, -0.25) is 4.79 Å². The number of fused-ring (bicyclic) bond motifs is 2. The van der Waals surface area contributed by atoms with Crippen LogP contribution in [0.5, 0.6) is 11.5 Å². The number of ether oxygens (including phenoxy) is 2. The number of furan rings is 1. The highest BCUT2D eigenvalue weighted by atomic mass is 16.7. The van der Waals surface area contributed by atoms with Gasteiger partial charge in [0.05, 0.1) is 11.3 Å². The van der Waals surface area contributed by atoms with Gasteiger partial charge < -0.3 is 24.3 Å². The van der Waals surface area contributed by atoms with E-state index in [0.29, 0.717) is 28.4 Å². The molecule has 0 fully saturated rings. The summed E-state index contributed by atoms with van der Waals surface area (Å²) < 4.78 is 16.4. The van der Waals surface area contributed by atoms with E-state index in [0.717, 1.165) is 11.0 Å². The van der Waals surface area contributed by atoms with E-state index in [-0.39, 0.29) is 18.0 Å². The van der Waals surface area contributed by atoms with Gasteiger partial charge in [-0.1, -0.05) is 24.3 Å². The average Bonchev–Trinajstić information content (AvgIpc) is 3.39. The van der Waals surface area contributed by atoms with Gasteiger partial charge in [0.2, 0.25) is 6.79 Å². The third-order valence-electron chi connectivity index (χ3n) is 4.84. The zero-order valence-electron chi connectivity index (χ0n) is 15.5. The number of carboxylic acid groups (broad SMARTS) is 1. The molecule has 3 aromatic carbocycles. The predicted molar refractivity (Wildman–Crippen MR) is 109 cm³/mol. The summed E-state index contributed by atoms with van der Waals surface area (Å²) in [5.41, 5.74) is 1.84. The van der Waals surface area contributed by atoms with Crippen LogP contribution in [0, 0.1) is 0 Å². The molecule has 7 heteroatoms. The molecule has 0 atom stereocenters. The molecule has 0 bridgehead atoms. The van der Waals surface area contributed by atoms with Crippen LogP contribution in [0.2, 0.25) is 0 Å². The van der Waals surface area contributed by atoms with Crippen LogP contribution in [-0.2, 0) is 0 Å². The lowest BCUT2D eigenvalue weighted by atomic mass is 10.1. The molecule has 1 aromatic heterocycles. The summed E-state index contributed by atoms with van der Waals surface area (Å²) in [7, 11) is 0. The van der Waals surface area contributed by atoms with Gasteiger partial charge in [0.1, 0.15) is 11.3 Å². The first-order valence-corrected chi connectivity index (χ1v) is 9.16. The SMILES string of the molecule is O=C(Nc1cc(-c2cc3ccccc3o2)ccc1C(=O)O)c1ccc2c(c1)OCO2. The largest absolute Gasteiger partial charge is 0.478 e. The first-order valence-electron chi connectivity index (χ1n) is 9.16. The maximum atomic E-state index is 12.8. The highest BCUT2D eigenvalue weighted by molar-refractivity contribution is 6.08. The lowest BCUT2D eigenvalue weighted by molar-refractivity contribution is 0.0698. The molecule has 1 aliphatic rings. The Labute approximate surface area is 170 Å². The summed E-state index contributed by atoms with van der Waals surface area (Å²) in [4.78, 5) is 24.4. The van der Waals surface area contributed by atoms with Crippen molar-refractivity contribution in [1.82, 2.24) is 0 Å². The Morgan fingerprint density at radius 3 is 2.57 bits per heavy atom. The van der Waals surface area contributed by atoms with Crippen molar-refractivity contribution in [2.75, 3.05) is 12.1 Å². The molecular weight excluding hydrogens is 386 g/mol. The van der Waals surface area contributed by atoms with Crippen molar-refractivity contribution in [3.8, 4) is 22.8 Å². The molecule has 148 valence electrons. The van der Waals surface area contributed by atoms with E-state index < -0.39 is 11.9 Å². The Morgan fingerprint density at radius 2 is 1.73 bits per heavy atom. The minimum absolute atomic E-state index is 0.0241. The molecule has 0 aliphatic carbocycles. The lowest BCUT2D eigenvalue weighted by Gasteiger charge is -2.10. The Bertz CT molecular complexity index is 1270. The molecule has 2 N–H and O–H groups in total. The van der Waals surface area contributed by atoms with Gasteiger partial charge in [0, 0.05) is 16.5 Å². The summed E-state index contributed by atoms with van der Waals surface area (Å²) >= 11 is 0. The van der Waals surface area contributed by atoms with Crippen LogP contribution in [0.4, 0.5) is 5.69 Å². The Kier molecular flexibility index (Phi) is 4.14. The molecular formula is C23H15NO6. The number of hydrogen-bond acceptors (Lipinski definition) is 5. The molecule has 2 heterocycles. The van der Waals surface area contributed by atoms with Crippen molar-refractivity contribution < 1.29 is 28.6 Å². The van der Waals surface area contributed by atoms with E-state index in [1.807, 2.05) is 30.3 Å². The maximum Gasteiger partial charge on any atom is 0.337 e. The minimum atomic E-state index is -1.15. The van der Waals surface area contributed by atoms with Crippen LogP contribution >= 0.6 is 0 Å². The monoisotopic (exact) mass is 401 g/mol. The molecule has 30 heavy (non-hydrogen) atoms. The number of anilines is 1. The third-order valence-corrected chi connectivity index (χ3v) is 4.84. The molecule has 0 spiro atoms. The lowest BCUT2D eigenvalue weighted by Crippen LogP contribution is -2.15. The highest BCUT2D eigenvalue weighted by Crippen LogP contribution is 2.34. The summed E-state index contributed by atoms with van der Waals surface area (Å²) in [5.74, 6) is -0.00166.